The fourth-order valence-electron chi connectivity index (χ4n) is 0.452. The minimum absolute atomic E-state index is 0.880. The van der Waals surface area contributed by atoms with Crippen LogP contribution in [0.25, 0.3) is 0 Å². The topological polar surface area (TPSA) is 0 Å². The quantitative estimate of drug-likeness (QED) is 0.410. The van der Waals surface area contributed by atoms with Crippen molar-refractivity contribution in [3.63, 3.8) is 0 Å². The number of hydrogen-bond acceptors (Lipinski definition) is 0. The second-order valence-electron chi connectivity index (χ2n) is 1.44. The number of hydrogen-bond donors (Lipinski definition) is 0. The first-order valence-corrected chi connectivity index (χ1v) is 2.54. The number of rotatable bonds is 0. The predicted octanol–water partition coefficient (Wildman–Crippen LogP) is 1.89. The summed E-state index contributed by atoms with van der Waals surface area (Å²) < 4.78 is 0. The van der Waals surface area contributed by atoms with Gasteiger partial charge in [0.05, 0.1) is 0 Å². The van der Waals surface area contributed by atoms with Crippen molar-refractivity contribution < 1.29 is 0 Å². The fraction of sp³-hybridized carbons (Fsp3) is 0.125. The van der Waals surface area contributed by atoms with Gasteiger partial charge in [0, 0.05) is 6.42 Å². The maximum atomic E-state index is 2.98. The van der Waals surface area contributed by atoms with E-state index in [-0.39, 0.29) is 0 Å². The van der Waals surface area contributed by atoms with Gasteiger partial charge < -0.3 is 0 Å². The smallest absolute Gasteiger partial charge is 0.0217 e. The zero-order valence-corrected chi connectivity index (χ0v) is 4.52. The molecule has 2 radical (unpaired) electrons. The lowest BCUT2D eigenvalue weighted by Crippen LogP contribution is -1.64. The molecule has 1 aliphatic carbocycles. The highest BCUT2D eigenvalue weighted by atomic mass is 13.8. The molecule has 8 heavy (non-hydrogen) atoms. The summed E-state index contributed by atoms with van der Waals surface area (Å²) in [5, 5.41) is 0. The molecule has 0 unspecified atom stereocenters. The molecule has 1 rings (SSSR count). The van der Waals surface area contributed by atoms with Crippen LogP contribution in [0.4, 0.5) is 0 Å². The predicted molar refractivity (Wildman–Crippen MR) is 33.2 cm³/mol. The Morgan fingerprint density at radius 2 is 2.25 bits per heavy atom. The van der Waals surface area contributed by atoms with Crippen LogP contribution in [-0.2, 0) is 0 Å². The normalized spacial score (nSPS) is 20.0. The van der Waals surface area contributed by atoms with Crippen LogP contribution in [0.1, 0.15) is 6.42 Å². The third-order valence-electron chi connectivity index (χ3n) is 0.809. The first-order valence-electron chi connectivity index (χ1n) is 2.54. The van der Waals surface area contributed by atoms with Crippen molar-refractivity contribution in [3.05, 3.63) is 42.2 Å². The molecule has 0 atom stereocenters. The van der Waals surface area contributed by atoms with Crippen molar-refractivity contribution in [2.24, 2.45) is 0 Å². The summed E-state index contributed by atoms with van der Waals surface area (Å²) in [5.74, 6) is 0. The average Bonchev–Trinajstić information content (AvgIpc) is 1.62. The van der Waals surface area contributed by atoms with E-state index in [2.05, 4.69) is 17.9 Å². The van der Waals surface area contributed by atoms with E-state index in [1.165, 1.54) is 0 Å². The highest BCUT2D eigenvalue weighted by molar-refractivity contribution is 5.09. The van der Waals surface area contributed by atoms with Crippen LogP contribution >= 0.6 is 0 Å². The van der Waals surface area contributed by atoms with Gasteiger partial charge in [0.25, 0.3) is 0 Å². The molecular formula is C8H6. The van der Waals surface area contributed by atoms with Crippen molar-refractivity contribution >= 4 is 0 Å². The largest absolute Gasteiger partial charge is 0.0829 e. The third kappa shape index (κ3) is 1.66. The SMILES string of the molecule is [C]1C=C=C=C/C=C\C1. The van der Waals surface area contributed by atoms with E-state index in [9.17, 15) is 0 Å². The lowest BCUT2D eigenvalue weighted by molar-refractivity contribution is 1.29. The molecule has 0 N–H and O–H groups in total. The van der Waals surface area contributed by atoms with Gasteiger partial charge in [0.15, 0.2) is 0 Å². The maximum Gasteiger partial charge on any atom is 0.0217 e. The Labute approximate surface area is 49.5 Å². The highest BCUT2D eigenvalue weighted by Crippen LogP contribution is 1.91. The summed E-state index contributed by atoms with van der Waals surface area (Å²) in [6.45, 7) is 0. The molecule has 0 heteroatoms. The van der Waals surface area contributed by atoms with Crippen molar-refractivity contribution in [3.8, 4) is 0 Å². The second kappa shape index (κ2) is 3.10. The van der Waals surface area contributed by atoms with Gasteiger partial charge in [-0.1, -0.05) is 23.6 Å². The molecule has 0 fully saturated rings. The Kier molecular flexibility index (Phi) is 2.01. The van der Waals surface area contributed by atoms with Gasteiger partial charge in [-0.3, -0.25) is 0 Å². The van der Waals surface area contributed by atoms with E-state index in [0.717, 1.165) is 6.42 Å². The summed E-state index contributed by atoms with van der Waals surface area (Å²) in [4.78, 5) is 0. The Bertz CT molecular complexity index is 172. The molecule has 0 aliphatic heterocycles. The number of allylic oxidation sites excluding steroid dienone is 4. The van der Waals surface area contributed by atoms with Crippen LogP contribution in [0.5, 0.6) is 0 Å². The molecule has 1 aliphatic rings. The average molecular weight is 102 g/mol. The van der Waals surface area contributed by atoms with Crippen molar-refractivity contribution in [1.82, 2.24) is 0 Å². The summed E-state index contributed by atoms with van der Waals surface area (Å²) >= 11 is 0. The highest BCUT2D eigenvalue weighted by Gasteiger charge is 1.75. The van der Waals surface area contributed by atoms with Gasteiger partial charge in [-0.25, -0.2) is 0 Å². The Balaban J connectivity index is 2.77. The monoisotopic (exact) mass is 102 g/mol. The Morgan fingerprint density at radius 1 is 1.25 bits per heavy atom. The standard InChI is InChI=1S/C8H6/c1-2-4-6-8-7-5-3-1/h1-3,8H,4H2/b2-1-,8-3?. The third-order valence-corrected chi connectivity index (χ3v) is 0.809. The minimum atomic E-state index is 0.880. The van der Waals surface area contributed by atoms with Crippen molar-refractivity contribution in [1.29, 1.82) is 0 Å². The van der Waals surface area contributed by atoms with Crippen LogP contribution < -0.4 is 0 Å². The zero-order chi connectivity index (χ0) is 5.66. The molecule has 0 saturated heterocycles. The molecular weight excluding hydrogens is 96.1 g/mol. The molecule has 38 valence electrons. The minimum Gasteiger partial charge on any atom is -0.0829 e. The van der Waals surface area contributed by atoms with Gasteiger partial charge in [-0.2, -0.15) is 0 Å². The summed E-state index contributed by atoms with van der Waals surface area (Å²) in [6.07, 6.45) is 11.4. The van der Waals surface area contributed by atoms with Crippen LogP contribution in [0.15, 0.2) is 35.8 Å². The fourth-order valence-corrected chi connectivity index (χ4v) is 0.452. The lowest BCUT2D eigenvalue weighted by atomic mass is 10.2. The van der Waals surface area contributed by atoms with Crippen LogP contribution in [0, 0.1) is 6.42 Å². The Hall–Kier alpha value is -0.960. The molecule has 0 heterocycles. The molecule has 0 aromatic rings. The van der Waals surface area contributed by atoms with Crippen LogP contribution in [0.3, 0.4) is 0 Å². The first-order chi connectivity index (χ1) is 4.00. The van der Waals surface area contributed by atoms with Gasteiger partial charge in [0.2, 0.25) is 0 Å². The van der Waals surface area contributed by atoms with E-state index in [1.54, 1.807) is 6.08 Å². The molecule has 0 aromatic carbocycles. The van der Waals surface area contributed by atoms with Crippen molar-refractivity contribution in [2.45, 2.75) is 6.42 Å². The van der Waals surface area contributed by atoms with E-state index in [4.69, 9.17) is 0 Å². The van der Waals surface area contributed by atoms with Gasteiger partial charge in [0.1, 0.15) is 0 Å². The molecule has 0 amide bonds. The molecule has 0 saturated carbocycles. The summed E-state index contributed by atoms with van der Waals surface area (Å²) in [6, 6.07) is 0. The summed E-state index contributed by atoms with van der Waals surface area (Å²) in [5.41, 5.74) is 5.60. The first kappa shape index (κ1) is 5.18. The zero-order valence-electron chi connectivity index (χ0n) is 4.52. The van der Waals surface area contributed by atoms with Crippen LogP contribution in [0.2, 0.25) is 0 Å². The van der Waals surface area contributed by atoms with Crippen LogP contribution in [-0.4, -0.2) is 0 Å². The summed E-state index contributed by atoms with van der Waals surface area (Å²) in [7, 11) is 0. The molecule has 0 aromatic heterocycles. The molecule has 0 nitrogen and oxygen atoms in total. The van der Waals surface area contributed by atoms with E-state index in [1.807, 2.05) is 18.2 Å². The molecule has 0 spiro atoms. The maximum absolute atomic E-state index is 2.98. The van der Waals surface area contributed by atoms with Gasteiger partial charge in [-0.15, -0.1) is 0 Å². The molecule has 0 bridgehead atoms. The van der Waals surface area contributed by atoms with E-state index < -0.39 is 0 Å². The van der Waals surface area contributed by atoms with E-state index >= 15 is 0 Å². The van der Waals surface area contributed by atoms with Crippen molar-refractivity contribution in [2.75, 3.05) is 0 Å². The van der Waals surface area contributed by atoms with Gasteiger partial charge in [-0.05, 0) is 18.6 Å². The second-order valence-corrected chi connectivity index (χ2v) is 1.44. The Morgan fingerprint density at radius 3 is 3.25 bits per heavy atom. The van der Waals surface area contributed by atoms with Gasteiger partial charge >= 0.3 is 0 Å². The van der Waals surface area contributed by atoms with E-state index in [0.29, 0.717) is 0 Å². The lowest BCUT2D eigenvalue weighted by Gasteiger charge is -1.80.